The number of ketones is 1. The molecule has 0 bridgehead atoms. The van der Waals surface area contributed by atoms with Gasteiger partial charge in [0.2, 0.25) is 0 Å². The molecule has 2 N–H and O–H groups in total. The van der Waals surface area contributed by atoms with Crippen LogP contribution in [0.25, 0.3) is 30.9 Å². The molecule has 257 valence electrons. The fraction of sp³-hybridized carbons (Fsp3) is 0.415. The van der Waals surface area contributed by atoms with Crippen LogP contribution in [-0.2, 0) is 30.3 Å². The average molecular weight is 858 g/mol. The molecule has 0 atom stereocenters. The average Bonchev–Trinajstić information content (AvgIpc) is 3.71. The molecule has 4 nitrogen and oxygen atoms in total. The summed E-state index contributed by atoms with van der Waals surface area (Å²) in [5, 5.41) is 22.1. The van der Waals surface area contributed by atoms with Gasteiger partial charge in [0.05, 0.1) is 5.00 Å². The molecule has 0 aliphatic carbocycles. The molecule has 0 spiro atoms. The largest absolute Gasteiger partial charge is 0.512 e. The van der Waals surface area contributed by atoms with Crippen LogP contribution >= 0.6 is 22.7 Å². The smallest absolute Gasteiger partial charge is 0.164 e. The van der Waals surface area contributed by atoms with Crippen LogP contribution < -0.4 is 5.32 Å². The third-order valence-corrected chi connectivity index (χ3v) is 12.4. The summed E-state index contributed by atoms with van der Waals surface area (Å²) in [4.78, 5) is 17.1. The number of thiophene rings is 2. The van der Waals surface area contributed by atoms with Gasteiger partial charge in [0.1, 0.15) is 12.4 Å². The van der Waals surface area contributed by atoms with Gasteiger partial charge in [0.25, 0.3) is 0 Å². The predicted octanol–water partition coefficient (Wildman–Crippen LogP) is 12.2. The van der Waals surface area contributed by atoms with Crippen molar-refractivity contribution in [1.29, 1.82) is 0 Å². The molecular formula is C41H49IrN2O2S2-. The van der Waals surface area contributed by atoms with Crippen molar-refractivity contribution in [2.75, 3.05) is 12.0 Å². The topological polar surface area (TPSA) is 61.7 Å². The van der Waals surface area contributed by atoms with E-state index in [0.717, 1.165) is 42.3 Å². The monoisotopic (exact) mass is 858 g/mol. The van der Waals surface area contributed by atoms with Crippen molar-refractivity contribution in [3.05, 3.63) is 88.5 Å². The number of allylic oxidation sites excluding steroid dienone is 2. The van der Waals surface area contributed by atoms with Gasteiger partial charge in [-0.25, -0.2) is 0 Å². The maximum absolute atomic E-state index is 12.2. The van der Waals surface area contributed by atoms with Crippen LogP contribution in [0.3, 0.4) is 0 Å². The van der Waals surface area contributed by atoms with Gasteiger partial charge in [-0.3, -0.25) is 4.79 Å². The Morgan fingerprint density at radius 3 is 2.21 bits per heavy atom. The first-order valence-corrected chi connectivity index (χ1v) is 18.6. The number of fused-ring (bicyclic) bond motifs is 6. The molecule has 48 heavy (non-hydrogen) atoms. The molecule has 0 unspecified atom stereocenters. The first-order valence-electron chi connectivity index (χ1n) is 16.9. The van der Waals surface area contributed by atoms with Crippen LogP contribution in [0.5, 0.6) is 0 Å². The number of rotatable bonds is 8. The van der Waals surface area contributed by atoms with E-state index in [0.29, 0.717) is 6.67 Å². The van der Waals surface area contributed by atoms with Gasteiger partial charge in [0, 0.05) is 68.5 Å². The number of nitrogens with one attached hydrogen (secondary N) is 1. The number of aliphatic imine (C=N–C) groups is 1. The SMILES string of the molecule is CC(C)(C)c1cc(C2=NCNc3sc4ccc5sccc5c4c32)[c-]c2ccccc12.CCC(C)(CC)C(=O)/C=C(\O)C(C)(CC)CC.[Ir]. The number of carbonyl (C=O) groups is 1. The van der Waals surface area contributed by atoms with Crippen molar-refractivity contribution in [2.45, 2.75) is 93.4 Å². The number of aliphatic hydroxyl groups excluding tert-OH is 1. The van der Waals surface area contributed by atoms with Crippen LogP contribution in [0, 0.1) is 16.9 Å². The molecule has 1 aliphatic heterocycles. The molecule has 7 heteroatoms. The number of hydrogen-bond acceptors (Lipinski definition) is 6. The third-order valence-electron chi connectivity index (χ3n) is 10.4. The van der Waals surface area contributed by atoms with Crippen molar-refractivity contribution in [3.8, 4) is 0 Å². The summed E-state index contributed by atoms with van der Waals surface area (Å²) in [5.41, 5.74) is 4.16. The van der Waals surface area contributed by atoms with Crippen LogP contribution in [0.2, 0.25) is 0 Å². The maximum atomic E-state index is 12.2. The Bertz CT molecular complexity index is 1980. The molecule has 5 aromatic rings. The number of carbonyl (C=O) groups excluding carboxylic acids is 1. The van der Waals surface area contributed by atoms with E-state index in [-0.39, 0.29) is 47.9 Å². The van der Waals surface area contributed by atoms with Crippen molar-refractivity contribution in [1.82, 2.24) is 0 Å². The molecular weight excluding hydrogens is 809 g/mol. The van der Waals surface area contributed by atoms with Crippen LogP contribution in [0.15, 0.2) is 70.7 Å². The molecule has 3 heterocycles. The van der Waals surface area contributed by atoms with Crippen LogP contribution in [0.1, 0.15) is 105 Å². The van der Waals surface area contributed by atoms with E-state index in [9.17, 15) is 9.90 Å². The summed E-state index contributed by atoms with van der Waals surface area (Å²) in [6.07, 6.45) is 4.75. The molecule has 1 aliphatic rings. The Morgan fingerprint density at radius 2 is 1.56 bits per heavy atom. The van der Waals surface area contributed by atoms with Gasteiger partial charge in [0.15, 0.2) is 5.78 Å². The van der Waals surface area contributed by atoms with Crippen LogP contribution in [0.4, 0.5) is 5.00 Å². The number of benzene rings is 3. The van der Waals surface area contributed by atoms with Crippen molar-refractivity contribution < 1.29 is 30.0 Å². The molecule has 0 amide bonds. The molecule has 3 aromatic carbocycles. The zero-order chi connectivity index (χ0) is 34.1. The molecule has 1 radical (unpaired) electrons. The summed E-state index contributed by atoms with van der Waals surface area (Å²) in [6, 6.07) is 21.3. The summed E-state index contributed by atoms with van der Waals surface area (Å²) < 4.78 is 2.63. The Labute approximate surface area is 308 Å². The van der Waals surface area contributed by atoms with E-state index in [2.05, 4.69) is 86.1 Å². The van der Waals surface area contributed by atoms with E-state index >= 15 is 0 Å². The van der Waals surface area contributed by atoms with E-state index in [4.69, 9.17) is 4.99 Å². The fourth-order valence-electron chi connectivity index (χ4n) is 6.14. The second-order valence-electron chi connectivity index (χ2n) is 14.2. The van der Waals surface area contributed by atoms with Gasteiger partial charge in [-0.15, -0.1) is 51.8 Å². The van der Waals surface area contributed by atoms with Gasteiger partial charge < -0.3 is 15.4 Å². The Balaban J connectivity index is 0.000000251. The van der Waals surface area contributed by atoms with Gasteiger partial charge >= 0.3 is 0 Å². The Morgan fingerprint density at radius 1 is 0.917 bits per heavy atom. The quantitative estimate of drug-likeness (QED) is 0.0928. The zero-order valence-corrected chi connectivity index (χ0v) is 33.8. The number of aliphatic hydroxyl groups is 1. The first kappa shape index (κ1) is 38.0. The van der Waals surface area contributed by atoms with Crippen molar-refractivity contribution in [3.63, 3.8) is 0 Å². The van der Waals surface area contributed by atoms with Crippen LogP contribution in [-0.4, -0.2) is 23.3 Å². The second kappa shape index (κ2) is 15.0. The van der Waals surface area contributed by atoms with Gasteiger partial charge in [-0.05, 0) is 54.7 Å². The van der Waals surface area contributed by atoms with E-state index < -0.39 is 0 Å². The summed E-state index contributed by atoms with van der Waals surface area (Å²) >= 11 is 3.63. The van der Waals surface area contributed by atoms with Gasteiger partial charge in [-0.1, -0.05) is 91.5 Å². The van der Waals surface area contributed by atoms with E-state index in [1.165, 1.54) is 47.8 Å². The Hall–Kier alpha value is -2.83. The molecule has 0 saturated heterocycles. The minimum Gasteiger partial charge on any atom is -0.512 e. The number of hydrogen-bond donors (Lipinski definition) is 2. The minimum atomic E-state index is -0.337. The normalized spacial score (nSPS) is 13.8. The fourth-order valence-corrected chi connectivity index (χ4v) is 8.04. The predicted molar refractivity (Wildman–Crippen MR) is 206 cm³/mol. The summed E-state index contributed by atoms with van der Waals surface area (Å²) in [6.45, 7) is 19.5. The van der Waals surface area contributed by atoms with Gasteiger partial charge in [-0.2, -0.15) is 0 Å². The van der Waals surface area contributed by atoms with E-state index in [1.54, 1.807) is 11.3 Å². The number of anilines is 1. The minimum absolute atomic E-state index is 0. The molecule has 2 aromatic heterocycles. The maximum Gasteiger partial charge on any atom is 0.164 e. The molecule has 6 rings (SSSR count). The van der Waals surface area contributed by atoms with E-state index in [1.807, 2.05) is 52.9 Å². The van der Waals surface area contributed by atoms with Crippen molar-refractivity contribution >= 4 is 70.1 Å². The second-order valence-corrected chi connectivity index (χ2v) is 16.2. The standard InChI is InChI=1S/C26H21N2S2.C15H28O2.Ir/c1-26(2,3)19-13-16(12-15-6-4-5-7-17(15)19)24-23-22-18-10-11-29-20(18)8-9-21(22)30-25(23)28-14-27-24;1-7-14(5,8-2)12(16)11-13(17)15(6,9-3)10-4;/h4-11,13,28H,14H2,1-3H3;11,16H,7-10H2,1-6H3;/q-1;;/b;12-11-;. The third kappa shape index (κ3) is 7.21. The zero-order valence-electron chi connectivity index (χ0n) is 29.8. The molecule has 0 saturated carbocycles. The van der Waals surface area contributed by atoms with Crippen molar-refractivity contribution in [2.24, 2.45) is 15.8 Å². The summed E-state index contributed by atoms with van der Waals surface area (Å²) in [7, 11) is 0. The molecule has 0 fully saturated rings. The Kier molecular flexibility index (Phi) is 11.8. The first-order chi connectivity index (χ1) is 22.3. The summed E-state index contributed by atoms with van der Waals surface area (Å²) in [5.74, 6) is 0.286. The number of nitrogens with zero attached hydrogens (tertiary/aromatic N) is 1.